The largest absolute Gasteiger partial charge is 0.380 e. The van der Waals surface area contributed by atoms with Gasteiger partial charge in [0.1, 0.15) is 5.76 Å². The molecule has 1 fully saturated rings. The Hall–Kier alpha value is -1.77. The van der Waals surface area contributed by atoms with Crippen molar-refractivity contribution in [3.63, 3.8) is 0 Å². The summed E-state index contributed by atoms with van der Waals surface area (Å²) in [4.78, 5) is 0. The zero-order chi connectivity index (χ0) is 11.7. The predicted octanol–water partition coefficient (Wildman–Crippen LogP) is 3.27. The standard InChI is InChI=1S/C14H16N2O/c15-14-13(11-7-2-1-3-8-11)12(17-16-14)9-10-5-4-6-10/h1-3,7-8,10H,4-6,9H2,(H2,15,16). The van der Waals surface area contributed by atoms with Gasteiger partial charge in [0, 0.05) is 6.42 Å². The van der Waals surface area contributed by atoms with Gasteiger partial charge >= 0.3 is 0 Å². The van der Waals surface area contributed by atoms with Crippen molar-refractivity contribution in [2.75, 3.05) is 5.73 Å². The molecule has 3 nitrogen and oxygen atoms in total. The molecular formula is C14H16N2O. The van der Waals surface area contributed by atoms with E-state index in [1.165, 1.54) is 19.3 Å². The molecule has 3 rings (SSSR count). The molecule has 0 unspecified atom stereocenters. The molecule has 0 radical (unpaired) electrons. The van der Waals surface area contributed by atoms with Crippen molar-refractivity contribution in [1.82, 2.24) is 5.16 Å². The average Bonchev–Trinajstić information content (AvgIpc) is 2.66. The number of nitrogen functional groups attached to an aromatic ring is 1. The van der Waals surface area contributed by atoms with E-state index in [0.29, 0.717) is 5.82 Å². The van der Waals surface area contributed by atoms with E-state index in [0.717, 1.165) is 29.2 Å². The first-order chi connectivity index (χ1) is 8.34. The van der Waals surface area contributed by atoms with Crippen LogP contribution in [0.4, 0.5) is 5.82 Å². The Morgan fingerprint density at radius 1 is 1.24 bits per heavy atom. The van der Waals surface area contributed by atoms with E-state index >= 15 is 0 Å². The van der Waals surface area contributed by atoms with Gasteiger partial charge < -0.3 is 10.3 Å². The van der Waals surface area contributed by atoms with Crippen LogP contribution in [0.2, 0.25) is 0 Å². The molecule has 0 saturated heterocycles. The summed E-state index contributed by atoms with van der Waals surface area (Å²) >= 11 is 0. The van der Waals surface area contributed by atoms with Crippen molar-refractivity contribution < 1.29 is 4.52 Å². The van der Waals surface area contributed by atoms with Crippen LogP contribution in [-0.2, 0) is 6.42 Å². The molecule has 1 aliphatic carbocycles. The van der Waals surface area contributed by atoms with Gasteiger partial charge in [-0.1, -0.05) is 54.8 Å². The summed E-state index contributed by atoms with van der Waals surface area (Å²) in [5.41, 5.74) is 7.99. The van der Waals surface area contributed by atoms with Crippen LogP contribution in [0.5, 0.6) is 0 Å². The molecule has 1 aliphatic rings. The van der Waals surface area contributed by atoms with Crippen molar-refractivity contribution in [2.45, 2.75) is 25.7 Å². The van der Waals surface area contributed by atoms with Crippen LogP contribution in [0, 0.1) is 5.92 Å². The van der Waals surface area contributed by atoms with Gasteiger partial charge in [0.15, 0.2) is 5.82 Å². The highest BCUT2D eigenvalue weighted by atomic mass is 16.5. The van der Waals surface area contributed by atoms with E-state index < -0.39 is 0 Å². The molecule has 1 aromatic heterocycles. The summed E-state index contributed by atoms with van der Waals surface area (Å²) in [5, 5.41) is 3.91. The van der Waals surface area contributed by atoms with E-state index in [1.54, 1.807) is 0 Å². The number of nitrogens with two attached hydrogens (primary N) is 1. The van der Waals surface area contributed by atoms with E-state index in [2.05, 4.69) is 5.16 Å². The molecule has 2 N–H and O–H groups in total. The molecule has 1 saturated carbocycles. The van der Waals surface area contributed by atoms with Crippen LogP contribution in [0.3, 0.4) is 0 Å². The number of hydrogen-bond donors (Lipinski definition) is 1. The van der Waals surface area contributed by atoms with E-state index in [4.69, 9.17) is 10.3 Å². The summed E-state index contributed by atoms with van der Waals surface area (Å²) in [6.07, 6.45) is 4.91. The molecule has 1 heterocycles. The number of nitrogens with zero attached hydrogens (tertiary/aromatic N) is 1. The first-order valence-corrected chi connectivity index (χ1v) is 6.14. The summed E-state index contributed by atoms with van der Waals surface area (Å²) in [6, 6.07) is 10.1. The van der Waals surface area contributed by atoms with Crippen LogP contribution in [-0.4, -0.2) is 5.16 Å². The van der Waals surface area contributed by atoms with Gasteiger partial charge in [-0.15, -0.1) is 0 Å². The molecule has 88 valence electrons. The van der Waals surface area contributed by atoms with Crippen molar-refractivity contribution in [1.29, 1.82) is 0 Å². The Morgan fingerprint density at radius 2 is 2.00 bits per heavy atom. The third-order valence-corrected chi connectivity index (χ3v) is 3.55. The lowest BCUT2D eigenvalue weighted by Crippen LogP contribution is -2.13. The molecule has 3 heteroatoms. The summed E-state index contributed by atoms with van der Waals surface area (Å²) in [7, 11) is 0. The van der Waals surface area contributed by atoms with Gasteiger partial charge in [0.25, 0.3) is 0 Å². The third-order valence-electron chi connectivity index (χ3n) is 3.55. The third kappa shape index (κ3) is 1.93. The van der Waals surface area contributed by atoms with Crippen LogP contribution >= 0.6 is 0 Å². The number of hydrogen-bond acceptors (Lipinski definition) is 3. The van der Waals surface area contributed by atoms with Gasteiger partial charge in [0.05, 0.1) is 5.56 Å². The van der Waals surface area contributed by atoms with Gasteiger partial charge in [0.2, 0.25) is 0 Å². The smallest absolute Gasteiger partial charge is 0.175 e. The highest BCUT2D eigenvalue weighted by molar-refractivity contribution is 5.75. The van der Waals surface area contributed by atoms with Gasteiger partial charge in [-0.05, 0) is 11.5 Å². The Bertz CT molecular complexity index is 500. The molecular weight excluding hydrogens is 212 g/mol. The minimum atomic E-state index is 0.505. The summed E-state index contributed by atoms with van der Waals surface area (Å²) in [6.45, 7) is 0. The van der Waals surface area contributed by atoms with Crippen molar-refractivity contribution in [3.8, 4) is 11.1 Å². The van der Waals surface area contributed by atoms with E-state index in [9.17, 15) is 0 Å². The predicted molar refractivity (Wildman–Crippen MR) is 67.4 cm³/mol. The Morgan fingerprint density at radius 3 is 2.65 bits per heavy atom. The maximum Gasteiger partial charge on any atom is 0.175 e. The summed E-state index contributed by atoms with van der Waals surface area (Å²) < 4.78 is 5.38. The zero-order valence-electron chi connectivity index (χ0n) is 9.73. The van der Waals surface area contributed by atoms with Crippen molar-refractivity contribution in [3.05, 3.63) is 36.1 Å². The summed E-state index contributed by atoms with van der Waals surface area (Å²) in [5.74, 6) is 2.20. The first kappa shape index (κ1) is 10.4. The first-order valence-electron chi connectivity index (χ1n) is 6.14. The Labute approximate surface area is 101 Å². The van der Waals surface area contributed by atoms with Crippen LogP contribution in [0.1, 0.15) is 25.0 Å². The lowest BCUT2D eigenvalue weighted by atomic mass is 9.81. The van der Waals surface area contributed by atoms with Gasteiger partial charge in [-0.2, -0.15) is 0 Å². The van der Waals surface area contributed by atoms with Crippen molar-refractivity contribution in [2.24, 2.45) is 5.92 Å². The number of benzene rings is 1. The quantitative estimate of drug-likeness (QED) is 0.877. The molecule has 0 atom stereocenters. The van der Waals surface area contributed by atoms with Gasteiger partial charge in [-0.25, -0.2) is 0 Å². The second kappa shape index (κ2) is 4.24. The van der Waals surface area contributed by atoms with Crippen LogP contribution in [0.15, 0.2) is 34.9 Å². The molecule has 0 aliphatic heterocycles. The minimum Gasteiger partial charge on any atom is -0.380 e. The second-order valence-corrected chi connectivity index (χ2v) is 4.73. The fourth-order valence-electron chi connectivity index (χ4n) is 2.35. The number of rotatable bonds is 3. The molecule has 17 heavy (non-hydrogen) atoms. The lowest BCUT2D eigenvalue weighted by molar-refractivity contribution is 0.279. The molecule has 2 aromatic rings. The van der Waals surface area contributed by atoms with Crippen molar-refractivity contribution >= 4 is 5.82 Å². The monoisotopic (exact) mass is 228 g/mol. The van der Waals surface area contributed by atoms with E-state index in [-0.39, 0.29) is 0 Å². The Kier molecular flexibility index (Phi) is 2.59. The molecule has 0 amide bonds. The fraction of sp³-hybridized carbons (Fsp3) is 0.357. The molecule has 0 spiro atoms. The molecule has 1 aromatic carbocycles. The van der Waals surface area contributed by atoms with Gasteiger partial charge in [-0.3, -0.25) is 0 Å². The lowest BCUT2D eigenvalue weighted by Gasteiger charge is -2.24. The Balaban J connectivity index is 1.94. The maximum absolute atomic E-state index is 5.90. The highest BCUT2D eigenvalue weighted by Gasteiger charge is 2.23. The number of anilines is 1. The zero-order valence-corrected chi connectivity index (χ0v) is 9.73. The fourth-order valence-corrected chi connectivity index (χ4v) is 2.35. The minimum absolute atomic E-state index is 0.505. The van der Waals surface area contributed by atoms with Crippen LogP contribution < -0.4 is 5.73 Å². The maximum atomic E-state index is 5.90. The molecule has 0 bridgehead atoms. The number of aromatic nitrogens is 1. The highest BCUT2D eigenvalue weighted by Crippen LogP contribution is 2.35. The topological polar surface area (TPSA) is 52.0 Å². The average molecular weight is 228 g/mol. The second-order valence-electron chi connectivity index (χ2n) is 4.73. The normalized spacial score (nSPS) is 15.8. The SMILES string of the molecule is Nc1noc(CC2CCC2)c1-c1ccccc1. The van der Waals surface area contributed by atoms with Crippen LogP contribution in [0.25, 0.3) is 11.1 Å². The van der Waals surface area contributed by atoms with E-state index in [1.807, 2.05) is 30.3 Å².